The first-order valence-electron chi connectivity index (χ1n) is 4.17. The molecule has 70 valence electrons. The second-order valence-corrected chi connectivity index (χ2v) is 3.63. The third-order valence-electron chi connectivity index (χ3n) is 2.37. The second kappa shape index (κ2) is 3.41. The van der Waals surface area contributed by atoms with Crippen LogP contribution in [0.5, 0.6) is 0 Å². The number of carbonyl (C=O) groups is 1. The molecular weight excluding hydrogens is 156 g/mol. The Morgan fingerprint density at radius 2 is 2.08 bits per heavy atom. The molecule has 0 aromatic carbocycles. The van der Waals surface area contributed by atoms with Gasteiger partial charge in [-0.3, -0.25) is 4.79 Å². The Balaban J connectivity index is 2.52. The molecule has 4 nitrogen and oxygen atoms in total. The molecule has 3 atom stereocenters. The molecule has 1 amide bonds. The topological polar surface area (TPSA) is 66.6 Å². The smallest absolute Gasteiger partial charge is 0.225 e. The average Bonchev–Trinajstić information content (AvgIpc) is 2.30. The summed E-state index contributed by atoms with van der Waals surface area (Å²) in [6.45, 7) is 0. The normalized spacial score (nSPS) is 35.2. The molecule has 4 heteroatoms. The van der Waals surface area contributed by atoms with Crippen LogP contribution in [0.1, 0.15) is 12.8 Å². The largest absolute Gasteiger partial charge is 0.391 e. The van der Waals surface area contributed by atoms with Crippen LogP contribution in [0.15, 0.2) is 0 Å². The zero-order valence-electron chi connectivity index (χ0n) is 7.53. The standard InChI is InChI=1S/C8H16N2O2/c1-10(2)8(12)5-3-6(9)7(11)4-5/h5-7,11H,3-4,9H2,1-2H3/t5-,6-,7-/m1/s1. The maximum atomic E-state index is 11.4. The van der Waals surface area contributed by atoms with E-state index in [0.717, 1.165) is 0 Å². The molecule has 3 N–H and O–H groups in total. The van der Waals surface area contributed by atoms with Gasteiger partial charge in [0.15, 0.2) is 0 Å². The quantitative estimate of drug-likeness (QED) is 0.542. The van der Waals surface area contributed by atoms with E-state index < -0.39 is 6.10 Å². The van der Waals surface area contributed by atoms with Crippen LogP contribution in [0.3, 0.4) is 0 Å². The van der Waals surface area contributed by atoms with Crippen LogP contribution in [0.25, 0.3) is 0 Å². The highest BCUT2D eigenvalue weighted by Gasteiger charge is 2.35. The van der Waals surface area contributed by atoms with Gasteiger partial charge in [-0.15, -0.1) is 0 Å². The Morgan fingerprint density at radius 1 is 1.50 bits per heavy atom. The predicted molar refractivity (Wildman–Crippen MR) is 45.4 cm³/mol. The first-order valence-corrected chi connectivity index (χ1v) is 4.17. The lowest BCUT2D eigenvalue weighted by Gasteiger charge is -2.15. The van der Waals surface area contributed by atoms with Crippen molar-refractivity contribution in [2.24, 2.45) is 11.7 Å². The Bertz CT molecular complexity index is 172. The zero-order chi connectivity index (χ0) is 9.30. The summed E-state index contributed by atoms with van der Waals surface area (Å²) in [7, 11) is 3.44. The van der Waals surface area contributed by atoms with E-state index in [-0.39, 0.29) is 17.9 Å². The Hall–Kier alpha value is -0.610. The lowest BCUT2D eigenvalue weighted by molar-refractivity contribution is -0.132. The van der Waals surface area contributed by atoms with Gasteiger partial charge in [-0.25, -0.2) is 0 Å². The molecule has 0 aromatic heterocycles. The predicted octanol–water partition coefficient (Wildman–Crippen LogP) is -0.827. The highest BCUT2D eigenvalue weighted by Crippen LogP contribution is 2.25. The van der Waals surface area contributed by atoms with Crippen LogP contribution < -0.4 is 5.73 Å². The number of amides is 1. The van der Waals surface area contributed by atoms with E-state index in [4.69, 9.17) is 5.73 Å². The van der Waals surface area contributed by atoms with E-state index in [1.807, 2.05) is 0 Å². The summed E-state index contributed by atoms with van der Waals surface area (Å²) in [6.07, 6.45) is 0.620. The van der Waals surface area contributed by atoms with Crippen molar-refractivity contribution in [2.45, 2.75) is 25.0 Å². The van der Waals surface area contributed by atoms with Crippen LogP contribution in [0.4, 0.5) is 0 Å². The highest BCUT2D eigenvalue weighted by atomic mass is 16.3. The van der Waals surface area contributed by atoms with Crippen LogP contribution >= 0.6 is 0 Å². The fourth-order valence-electron chi connectivity index (χ4n) is 1.61. The van der Waals surface area contributed by atoms with Crippen LogP contribution in [0.2, 0.25) is 0 Å². The number of aliphatic hydroxyl groups is 1. The highest BCUT2D eigenvalue weighted by molar-refractivity contribution is 5.78. The van der Waals surface area contributed by atoms with Gasteiger partial charge < -0.3 is 15.7 Å². The summed E-state index contributed by atoms with van der Waals surface area (Å²) in [5, 5.41) is 9.30. The van der Waals surface area contributed by atoms with E-state index in [2.05, 4.69) is 0 Å². The van der Waals surface area contributed by atoms with Crippen LogP contribution in [-0.4, -0.2) is 42.2 Å². The summed E-state index contributed by atoms with van der Waals surface area (Å²) < 4.78 is 0. The Kier molecular flexibility index (Phi) is 2.69. The van der Waals surface area contributed by atoms with E-state index in [9.17, 15) is 9.90 Å². The molecule has 0 bridgehead atoms. The lowest BCUT2D eigenvalue weighted by Crippen LogP contribution is -2.29. The van der Waals surface area contributed by atoms with Crippen molar-refractivity contribution in [3.8, 4) is 0 Å². The van der Waals surface area contributed by atoms with Crippen LogP contribution in [0, 0.1) is 5.92 Å². The molecule has 0 spiro atoms. The monoisotopic (exact) mass is 172 g/mol. The average molecular weight is 172 g/mol. The van der Waals surface area contributed by atoms with Crippen molar-refractivity contribution in [2.75, 3.05) is 14.1 Å². The summed E-state index contributed by atoms with van der Waals surface area (Å²) in [5.74, 6) is -0.00741. The molecule has 1 aliphatic carbocycles. The minimum atomic E-state index is -0.501. The van der Waals surface area contributed by atoms with Crippen molar-refractivity contribution >= 4 is 5.91 Å². The molecule has 0 radical (unpaired) electrons. The third kappa shape index (κ3) is 1.76. The van der Waals surface area contributed by atoms with Gasteiger partial charge in [0.05, 0.1) is 6.10 Å². The van der Waals surface area contributed by atoms with E-state index in [1.165, 1.54) is 0 Å². The first-order chi connectivity index (χ1) is 5.52. The Labute approximate surface area is 72.3 Å². The zero-order valence-corrected chi connectivity index (χ0v) is 7.53. The first kappa shape index (κ1) is 9.48. The van der Waals surface area contributed by atoms with Crippen molar-refractivity contribution in [1.82, 2.24) is 4.90 Å². The van der Waals surface area contributed by atoms with E-state index in [0.29, 0.717) is 12.8 Å². The van der Waals surface area contributed by atoms with Crippen molar-refractivity contribution in [3.63, 3.8) is 0 Å². The van der Waals surface area contributed by atoms with Gasteiger partial charge in [-0.05, 0) is 12.8 Å². The van der Waals surface area contributed by atoms with Gasteiger partial charge in [0.2, 0.25) is 5.91 Å². The second-order valence-electron chi connectivity index (χ2n) is 3.63. The Morgan fingerprint density at radius 3 is 2.42 bits per heavy atom. The third-order valence-corrected chi connectivity index (χ3v) is 2.37. The summed E-state index contributed by atoms with van der Waals surface area (Å²) in [6, 6.07) is -0.223. The maximum absolute atomic E-state index is 11.4. The van der Waals surface area contributed by atoms with Gasteiger partial charge in [0.1, 0.15) is 0 Å². The molecule has 12 heavy (non-hydrogen) atoms. The summed E-state index contributed by atoms with van der Waals surface area (Å²) in [4.78, 5) is 12.9. The van der Waals surface area contributed by atoms with E-state index in [1.54, 1.807) is 19.0 Å². The minimum Gasteiger partial charge on any atom is -0.391 e. The number of hydrogen-bond acceptors (Lipinski definition) is 3. The molecule has 1 aliphatic rings. The fraction of sp³-hybridized carbons (Fsp3) is 0.875. The van der Waals surface area contributed by atoms with E-state index >= 15 is 0 Å². The molecule has 0 unspecified atom stereocenters. The van der Waals surface area contributed by atoms with Crippen molar-refractivity contribution in [1.29, 1.82) is 0 Å². The molecule has 0 aromatic rings. The molecule has 0 heterocycles. The summed E-state index contributed by atoms with van der Waals surface area (Å²) in [5.41, 5.74) is 5.59. The van der Waals surface area contributed by atoms with Gasteiger partial charge in [0, 0.05) is 26.1 Å². The molecule has 0 aliphatic heterocycles. The SMILES string of the molecule is CN(C)C(=O)[C@@H]1C[C@@H](N)[C@H](O)C1. The van der Waals surface area contributed by atoms with Gasteiger partial charge >= 0.3 is 0 Å². The van der Waals surface area contributed by atoms with Crippen molar-refractivity contribution in [3.05, 3.63) is 0 Å². The summed E-state index contributed by atoms with van der Waals surface area (Å²) >= 11 is 0. The lowest BCUT2D eigenvalue weighted by atomic mass is 10.1. The van der Waals surface area contributed by atoms with Crippen molar-refractivity contribution < 1.29 is 9.90 Å². The van der Waals surface area contributed by atoms with Gasteiger partial charge in [-0.1, -0.05) is 0 Å². The van der Waals surface area contributed by atoms with Gasteiger partial charge in [0.25, 0.3) is 0 Å². The molecule has 1 saturated carbocycles. The number of aliphatic hydroxyl groups excluding tert-OH is 1. The van der Waals surface area contributed by atoms with Gasteiger partial charge in [-0.2, -0.15) is 0 Å². The van der Waals surface area contributed by atoms with Crippen LogP contribution in [-0.2, 0) is 4.79 Å². The number of carbonyl (C=O) groups excluding carboxylic acids is 1. The molecule has 1 fully saturated rings. The number of nitrogens with two attached hydrogens (primary N) is 1. The molecule has 0 saturated heterocycles. The molecule has 1 rings (SSSR count). The number of nitrogens with zero attached hydrogens (tertiary/aromatic N) is 1. The molecular formula is C8H16N2O2. The number of hydrogen-bond donors (Lipinski definition) is 2. The minimum absolute atomic E-state index is 0.0713. The maximum Gasteiger partial charge on any atom is 0.225 e. The number of rotatable bonds is 1. The fourth-order valence-corrected chi connectivity index (χ4v) is 1.61.